The molecule has 4 unspecified atom stereocenters. The molecule has 98 valence electrons. The number of hydrogen-bond acceptors (Lipinski definition) is 0. The minimum Gasteiger partial charge on any atom is -0.0996 e. The highest BCUT2D eigenvalue weighted by atomic mass is 14.3. The van der Waals surface area contributed by atoms with Gasteiger partial charge in [0.1, 0.15) is 0 Å². The van der Waals surface area contributed by atoms with Crippen molar-refractivity contribution in [2.24, 2.45) is 23.7 Å². The highest BCUT2D eigenvalue weighted by molar-refractivity contribution is 5.05. The monoisotopic (exact) mass is 234 g/mol. The van der Waals surface area contributed by atoms with Crippen molar-refractivity contribution in [3.8, 4) is 0 Å². The van der Waals surface area contributed by atoms with Crippen LogP contribution in [-0.2, 0) is 0 Å². The zero-order valence-corrected chi connectivity index (χ0v) is 11.9. The fraction of sp³-hybridized carbons (Fsp3) is 0.882. The third-order valence-electron chi connectivity index (χ3n) is 5.45. The van der Waals surface area contributed by atoms with Gasteiger partial charge in [0.15, 0.2) is 0 Å². The fourth-order valence-electron chi connectivity index (χ4n) is 4.11. The maximum Gasteiger partial charge on any atom is -0.0180 e. The van der Waals surface area contributed by atoms with E-state index >= 15 is 0 Å². The Morgan fingerprint density at radius 1 is 0.882 bits per heavy atom. The second-order valence-corrected chi connectivity index (χ2v) is 6.75. The summed E-state index contributed by atoms with van der Waals surface area (Å²) in [4.78, 5) is 0. The molecule has 0 amide bonds. The van der Waals surface area contributed by atoms with E-state index in [9.17, 15) is 0 Å². The number of hydrogen-bond donors (Lipinski definition) is 0. The molecule has 2 rings (SSSR count). The molecule has 0 radical (unpaired) electrons. The molecule has 0 aliphatic heterocycles. The summed E-state index contributed by atoms with van der Waals surface area (Å²) in [5, 5.41) is 0. The summed E-state index contributed by atoms with van der Waals surface area (Å²) >= 11 is 0. The van der Waals surface area contributed by atoms with E-state index in [0.29, 0.717) is 0 Å². The van der Waals surface area contributed by atoms with Crippen LogP contribution in [0.3, 0.4) is 0 Å². The van der Waals surface area contributed by atoms with Gasteiger partial charge in [-0.15, -0.1) is 0 Å². The lowest BCUT2D eigenvalue weighted by molar-refractivity contribution is 0.230. The van der Waals surface area contributed by atoms with Crippen LogP contribution in [0.4, 0.5) is 0 Å². The highest BCUT2D eigenvalue weighted by Crippen LogP contribution is 2.40. The average Bonchev–Trinajstić information content (AvgIpc) is 2.32. The molecule has 0 saturated heterocycles. The molecule has 2 fully saturated rings. The zero-order valence-electron chi connectivity index (χ0n) is 11.9. The van der Waals surface area contributed by atoms with Crippen LogP contribution in [-0.4, -0.2) is 0 Å². The third-order valence-corrected chi connectivity index (χ3v) is 5.45. The summed E-state index contributed by atoms with van der Waals surface area (Å²) in [6.07, 6.45) is 12.9. The van der Waals surface area contributed by atoms with Crippen molar-refractivity contribution >= 4 is 0 Å². The van der Waals surface area contributed by atoms with E-state index in [4.69, 9.17) is 0 Å². The van der Waals surface area contributed by atoms with Crippen LogP contribution in [0.5, 0.6) is 0 Å². The molecule has 0 aromatic heterocycles. The molecule has 0 N–H and O–H groups in total. The molecule has 0 spiro atoms. The van der Waals surface area contributed by atoms with Crippen molar-refractivity contribution < 1.29 is 0 Å². The first kappa shape index (κ1) is 13.2. The maximum atomic E-state index is 4.46. The second kappa shape index (κ2) is 6.07. The first-order valence-corrected chi connectivity index (χ1v) is 7.86. The van der Waals surface area contributed by atoms with Crippen LogP contribution in [0.2, 0.25) is 0 Å². The Kier molecular flexibility index (Phi) is 4.70. The summed E-state index contributed by atoms with van der Waals surface area (Å²) in [6, 6.07) is 0. The van der Waals surface area contributed by atoms with E-state index in [0.717, 1.165) is 23.7 Å². The van der Waals surface area contributed by atoms with Crippen LogP contribution in [0.25, 0.3) is 0 Å². The van der Waals surface area contributed by atoms with E-state index < -0.39 is 0 Å². The van der Waals surface area contributed by atoms with Crippen molar-refractivity contribution in [1.82, 2.24) is 0 Å². The fourth-order valence-corrected chi connectivity index (χ4v) is 4.11. The van der Waals surface area contributed by atoms with Crippen LogP contribution in [0.1, 0.15) is 71.6 Å². The van der Waals surface area contributed by atoms with Crippen LogP contribution in [0, 0.1) is 23.7 Å². The first-order chi connectivity index (χ1) is 8.18. The van der Waals surface area contributed by atoms with E-state index in [2.05, 4.69) is 20.4 Å². The number of allylic oxidation sites excluding steroid dienone is 1. The highest BCUT2D eigenvalue weighted by Gasteiger charge is 2.27. The summed E-state index contributed by atoms with van der Waals surface area (Å²) in [7, 11) is 0. The van der Waals surface area contributed by atoms with Gasteiger partial charge in [-0.25, -0.2) is 0 Å². The van der Waals surface area contributed by atoms with Crippen molar-refractivity contribution in [1.29, 1.82) is 0 Å². The van der Waals surface area contributed by atoms with Crippen molar-refractivity contribution in [2.75, 3.05) is 0 Å². The summed E-state index contributed by atoms with van der Waals surface area (Å²) in [6.45, 7) is 9.36. The predicted octanol–water partition coefficient (Wildman–Crippen LogP) is 5.59. The average molecular weight is 234 g/mol. The van der Waals surface area contributed by atoms with Crippen LogP contribution in [0.15, 0.2) is 12.2 Å². The first-order valence-electron chi connectivity index (χ1n) is 7.86. The minimum atomic E-state index is 0.845. The van der Waals surface area contributed by atoms with Gasteiger partial charge in [0.05, 0.1) is 0 Å². The van der Waals surface area contributed by atoms with Gasteiger partial charge in [0.25, 0.3) is 0 Å². The molecule has 0 aromatic rings. The van der Waals surface area contributed by atoms with Crippen LogP contribution < -0.4 is 0 Å². The summed E-state index contributed by atoms with van der Waals surface area (Å²) in [5.74, 6) is 3.64. The van der Waals surface area contributed by atoms with Gasteiger partial charge in [-0.05, 0) is 42.9 Å². The van der Waals surface area contributed by atoms with E-state index in [1.807, 2.05) is 0 Å². The van der Waals surface area contributed by atoms with E-state index in [1.165, 1.54) is 57.8 Å². The Labute approximate surface area is 108 Å². The van der Waals surface area contributed by atoms with Gasteiger partial charge in [-0.3, -0.25) is 0 Å². The van der Waals surface area contributed by atoms with Crippen molar-refractivity contribution in [2.45, 2.75) is 71.6 Å². The van der Waals surface area contributed by atoms with Crippen molar-refractivity contribution in [3.05, 3.63) is 12.2 Å². The Balaban J connectivity index is 1.86. The quantitative estimate of drug-likeness (QED) is 0.559. The van der Waals surface area contributed by atoms with Crippen molar-refractivity contribution in [3.63, 3.8) is 0 Å². The molecule has 2 aliphatic carbocycles. The molecular weight excluding hydrogens is 204 g/mol. The Morgan fingerprint density at radius 2 is 1.47 bits per heavy atom. The Hall–Kier alpha value is -0.260. The molecule has 2 saturated carbocycles. The SMILES string of the molecule is C=C(CC1CCCCC1C)C1CCCCC1C. The normalized spacial score (nSPS) is 38.9. The Bertz CT molecular complexity index is 253. The predicted molar refractivity (Wildman–Crippen MR) is 76.0 cm³/mol. The summed E-state index contributed by atoms with van der Waals surface area (Å²) < 4.78 is 0. The molecule has 0 heterocycles. The van der Waals surface area contributed by atoms with Gasteiger partial charge < -0.3 is 0 Å². The smallest absolute Gasteiger partial charge is 0.0180 e. The standard InChI is InChI=1S/C17H30/c1-13-8-4-6-10-16(13)12-15(3)17-11-7-5-9-14(17)2/h13-14,16-17H,3-12H2,1-2H3. The lowest BCUT2D eigenvalue weighted by Gasteiger charge is -2.35. The lowest BCUT2D eigenvalue weighted by Crippen LogP contribution is -2.23. The molecule has 2 aliphatic rings. The summed E-state index contributed by atoms with van der Waals surface area (Å²) in [5.41, 5.74) is 1.59. The Morgan fingerprint density at radius 3 is 2.12 bits per heavy atom. The topological polar surface area (TPSA) is 0 Å². The lowest BCUT2D eigenvalue weighted by atomic mass is 9.71. The maximum absolute atomic E-state index is 4.46. The second-order valence-electron chi connectivity index (χ2n) is 6.75. The molecule has 0 heteroatoms. The molecular formula is C17H30. The molecule has 4 atom stereocenters. The minimum absolute atomic E-state index is 0.845. The van der Waals surface area contributed by atoms with Gasteiger partial charge >= 0.3 is 0 Å². The van der Waals surface area contributed by atoms with E-state index in [-0.39, 0.29) is 0 Å². The van der Waals surface area contributed by atoms with Gasteiger partial charge in [-0.1, -0.05) is 64.5 Å². The van der Waals surface area contributed by atoms with Gasteiger partial charge in [0.2, 0.25) is 0 Å². The molecule has 0 nitrogen and oxygen atoms in total. The zero-order chi connectivity index (χ0) is 12.3. The number of rotatable bonds is 3. The van der Waals surface area contributed by atoms with E-state index in [1.54, 1.807) is 5.57 Å². The van der Waals surface area contributed by atoms with Gasteiger partial charge in [-0.2, -0.15) is 0 Å². The third kappa shape index (κ3) is 3.36. The molecule has 0 bridgehead atoms. The largest absolute Gasteiger partial charge is 0.0996 e. The van der Waals surface area contributed by atoms with Gasteiger partial charge in [0, 0.05) is 0 Å². The molecule has 0 aromatic carbocycles. The van der Waals surface area contributed by atoms with Crippen LogP contribution >= 0.6 is 0 Å². The molecule has 17 heavy (non-hydrogen) atoms.